The summed E-state index contributed by atoms with van der Waals surface area (Å²) in [5, 5.41) is 16.3. The topological polar surface area (TPSA) is 104 Å². The molecule has 0 saturated carbocycles. The van der Waals surface area contributed by atoms with E-state index in [0.29, 0.717) is 17.4 Å². The Labute approximate surface area is 190 Å². The van der Waals surface area contributed by atoms with Gasteiger partial charge >= 0.3 is 0 Å². The van der Waals surface area contributed by atoms with E-state index in [0.717, 1.165) is 5.56 Å². The summed E-state index contributed by atoms with van der Waals surface area (Å²) in [4.78, 5) is 28.2. The van der Waals surface area contributed by atoms with E-state index in [1.165, 1.54) is 36.1 Å². The highest BCUT2D eigenvalue weighted by Gasteiger charge is 2.25. The summed E-state index contributed by atoms with van der Waals surface area (Å²) in [6.07, 6.45) is 0. The average molecular weight is 456 g/mol. The molecular weight excluding hydrogens is 430 g/mol. The lowest BCUT2D eigenvalue weighted by Gasteiger charge is -2.18. The van der Waals surface area contributed by atoms with Crippen molar-refractivity contribution in [2.75, 3.05) is 19.0 Å². The van der Waals surface area contributed by atoms with Gasteiger partial charge in [-0.05, 0) is 17.9 Å². The summed E-state index contributed by atoms with van der Waals surface area (Å²) in [5.74, 6) is -0.209. The fourth-order valence-corrected chi connectivity index (χ4v) is 3.79. The lowest BCUT2D eigenvalue weighted by atomic mass is 9.86. The lowest BCUT2D eigenvalue weighted by molar-refractivity contribution is -0.385. The number of rotatable bonds is 7. The maximum absolute atomic E-state index is 12.9. The van der Waals surface area contributed by atoms with Gasteiger partial charge in [0.2, 0.25) is 0 Å². The highest BCUT2D eigenvalue weighted by Crippen LogP contribution is 2.35. The Morgan fingerprint density at radius 3 is 2.44 bits per heavy atom. The van der Waals surface area contributed by atoms with Gasteiger partial charge in [-0.25, -0.2) is 4.98 Å². The number of hydrogen-bond acceptors (Lipinski definition) is 7. The van der Waals surface area contributed by atoms with E-state index in [1.807, 2.05) is 17.5 Å². The van der Waals surface area contributed by atoms with E-state index in [-0.39, 0.29) is 28.2 Å². The van der Waals surface area contributed by atoms with Gasteiger partial charge in [0.15, 0.2) is 16.6 Å². The van der Waals surface area contributed by atoms with Crippen molar-refractivity contribution in [1.82, 2.24) is 4.98 Å². The Balaban J connectivity index is 1.86. The molecule has 1 N–H and O–H groups in total. The molecule has 168 valence electrons. The second-order valence-corrected chi connectivity index (χ2v) is 8.89. The van der Waals surface area contributed by atoms with Crippen LogP contribution >= 0.6 is 11.3 Å². The van der Waals surface area contributed by atoms with Gasteiger partial charge in [-0.1, -0.05) is 45.0 Å². The van der Waals surface area contributed by atoms with Crippen LogP contribution in [0, 0.1) is 10.1 Å². The highest BCUT2D eigenvalue weighted by molar-refractivity contribution is 7.14. The van der Waals surface area contributed by atoms with Gasteiger partial charge in [0.25, 0.3) is 11.6 Å². The number of thiazole rings is 1. The van der Waals surface area contributed by atoms with Gasteiger partial charge in [0.05, 0.1) is 30.4 Å². The van der Waals surface area contributed by atoms with Gasteiger partial charge in [0.1, 0.15) is 5.56 Å². The third-order valence-corrected chi connectivity index (χ3v) is 5.55. The summed E-state index contributed by atoms with van der Waals surface area (Å²) in [6, 6.07) is 10.6. The molecule has 0 spiro atoms. The van der Waals surface area contributed by atoms with E-state index in [2.05, 4.69) is 43.2 Å². The Kier molecular flexibility index (Phi) is 6.78. The quantitative estimate of drug-likeness (QED) is 0.363. The number of carbonyl (C=O) groups excluding carboxylic acids is 1. The summed E-state index contributed by atoms with van der Waals surface area (Å²) < 4.78 is 10.6. The fourth-order valence-electron chi connectivity index (χ4n) is 3.08. The number of carbonyl (C=O) groups is 1. The third kappa shape index (κ3) is 5.05. The maximum Gasteiger partial charge on any atom is 0.286 e. The zero-order chi connectivity index (χ0) is 23.5. The van der Waals surface area contributed by atoms with Crippen LogP contribution in [-0.2, 0) is 5.41 Å². The van der Waals surface area contributed by atoms with Crippen molar-refractivity contribution in [2.45, 2.75) is 33.1 Å². The van der Waals surface area contributed by atoms with Crippen LogP contribution in [-0.4, -0.2) is 29.5 Å². The number of nitrogens with one attached hydrogen (secondary N) is 1. The predicted molar refractivity (Wildman–Crippen MR) is 125 cm³/mol. The molecule has 0 aliphatic carbocycles. The SMILES string of the molecule is CCOc1cc(C(=O)Nc2nc(-c3ccc(C(C)(C)C)cc3)cs2)c([N+](=O)[O-])cc1OC. The van der Waals surface area contributed by atoms with Crippen LogP contribution in [0.3, 0.4) is 0 Å². The van der Waals surface area contributed by atoms with Gasteiger partial charge < -0.3 is 9.47 Å². The third-order valence-electron chi connectivity index (χ3n) is 4.79. The first-order chi connectivity index (χ1) is 15.1. The van der Waals surface area contributed by atoms with E-state index in [9.17, 15) is 14.9 Å². The van der Waals surface area contributed by atoms with Crippen molar-refractivity contribution in [1.29, 1.82) is 0 Å². The number of amides is 1. The molecule has 9 heteroatoms. The van der Waals surface area contributed by atoms with Crippen molar-refractivity contribution in [3.05, 3.63) is 63.0 Å². The minimum absolute atomic E-state index is 0.0488. The van der Waals surface area contributed by atoms with E-state index >= 15 is 0 Å². The van der Waals surface area contributed by atoms with E-state index in [4.69, 9.17) is 9.47 Å². The van der Waals surface area contributed by atoms with Crippen LogP contribution in [0.25, 0.3) is 11.3 Å². The Morgan fingerprint density at radius 1 is 1.19 bits per heavy atom. The van der Waals surface area contributed by atoms with Crippen LogP contribution in [0.15, 0.2) is 41.8 Å². The number of benzene rings is 2. The van der Waals surface area contributed by atoms with Crippen molar-refractivity contribution in [3.63, 3.8) is 0 Å². The lowest BCUT2D eigenvalue weighted by Crippen LogP contribution is -2.14. The number of hydrogen-bond donors (Lipinski definition) is 1. The molecule has 0 atom stereocenters. The predicted octanol–water partition coefficient (Wildman–Crippen LogP) is 5.68. The first-order valence-corrected chi connectivity index (χ1v) is 10.9. The largest absolute Gasteiger partial charge is 0.493 e. The number of nitrogens with zero attached hydrogens (tertiary/aromatic N) is 2. The molecule has 0 fully saturated rings. The maximum atomic E-state index is 12.9. The average Bonchev–Trinajstić information content (AvgIpc) is 3.21. The molecule has 1 amide bonds. The molecule has 3 aromatic rings. The van der Waals surface area contributed by atoms with Gasteiger partial charge in [-0.15, -0.1) is 11.3 Å². The second kappa shape index (κ2) is 9.35. The summed E-state index contributed by atoms with van der Waals surface area (Å²) in [5.41, 5.74) is 2.38. The standard InChI is InChI=1S/C23H25N3O5S/c1-6-31-20-11-16(18(26(28)29)12-19(20)30-5)21(27)25-22-24-17(13-32-22)14-7-9-15(10-8-14)23(2,3)4/h7-13H,6H2,1-5H3,(H,24,25,27). The van der Waals surface area contributed by atoms with Gasteiger partial charge in [-0.3, -0.25) is 20.2 Å². The molecule has 0 aliphatic rings. The van der Waals surface area contributed by atoms with Gasteiger partial charge in [0, 0.05) is 17.0 Å². The zero-order valence-corrected chi connectivity index (χ0v) is 19.4. The number of nitro groups is 1. The molecule has 0 radical (unpaired) electrons. The van der Waals surface area contributed by atoms with Crippen molar-refractivity contribution in [2.24, 2.45) is 0 Å². The van der Waals surface area contributed by atoms with E-state index in [1.54, 1.807) is 6.92 Å². The first kappa shape index (κ1) is 23.2. The fraction of sp³-hybridized carbons (Fsp3) is 0.304. The number of ether oxygens (including phenoxy) is 2. The van der Waals surface area contributed by atoms with Crippen LogP contribution in [0.1, 0.15) is 43.6 Å². The summed E-state index contributed by atoms with van der Waals surface area (Å²) in [7, 11) is 1.38. The first-order valence-electron chi connectivity index (χ1n) is 10.0. The molecule has 2 aromatic carbocycles. The minimum Gasteiger partial charge on any atom is -0.493 e. The van der Waals surface area contributed by atoms with Gasteiger partial charge in [-0.2, -0.15) is 0 Å². The molecule has 0 bridgehead atoms. The molecule has 0 unspecified atom stereocenters. The molecule has 32 heavy (non-hydrogen) atoms. The second-order valence-electron chi connectivity index (χ2n) is 8.03. The van der Waals surface area contributed by atoms with E-state index < -0.39 is 10.8 Å². The van der Waals surface area contributed by atoms with Crippen LogP contribution in [0.5, 0.6) is 11.5 Å². The molecular formula is C23H25N3O5S. The van der Waals surface area contributed by atoms with Crippen molar-refractivity contribution in [3.8, 4) is 22.8 Å². The number of nitro benzene ring substituents is 1. The molecule has 0 aliphatic heterocycles. The Bertz CT molecular complexity index is 1130. The van der Waals surface area contributed by atoms with Crippen molar-refractivity contribution >= 4 is 28.1 Å². The molecule has 3 rings (SSSR count). The van der Waals surface area contributed by atoms with Crippen LogP contribution in [0.4, 0.5) is 10.8 Å². The Hall–Kier alpha value is -3.46. The normalized spacial score (nSPS) is 11.2. The number of methoxy groups -OCH3 is 1. The number of aromatic nitrogens is 1. The monoisotopic (exact) mass is 455 g/mol. The molecule has 1 heterocycles. The molecule has 8 nitrogen and oxygen atoms in total. The smallest absolute Gasteiger partial charge is 0.286 e. The summed E-state index contributed by atoms with van der Waals surface area (Å²) >= 11 is 1.24. The van der Waals surface area contributed by atoms with Crippen molar-refractivity contribution < 1.29 is 19.2 Å². The minimum atomic E-state index is -0.649. The van der Waals surface area contributed by atoms with Crippen LogP contribution < -0.4 is 14.8 Å². The zero-order valence-electron chi connectivity index (χ0n) is 18.6. The highest BCUT2D eigenvalue weighted by atomic mass is 32.1. The number of anilines is 1. The molecule has 1 aromatic heterocycles. The van der Waals surface area contributed by atoms with Crippen LogP contribution in [0.2, 0.25) is 0 Å². The Morgan fingerprint density at radius 2 is 1.88 bits per heavy atom. The summed E-state index contributed by atoms with van der Waals surface area (Å²) in [6.45, 7) is 8.53. The molecule has 0 saturated heterocycles.